The van der Waals surface area contributed by atoms with Crippen LogP contribution in [0.25, 0.3) is 0 Å². The molecule has 0 aromatic heterocycles. The number of carbonyl (C=O) groups excluding carboxylic acids is 1. The molecule has 1 atom stereocenters. The van der Waals surface area contributed by atoms with Crippen molar-refractivity contribution in [3.63, 3.8) is 0 Å². The standard InChI is InChI=1S/C28H34FN5O5.K/c1-17(24-16-38-11-10-34(24)27(37)39-28(3,4)5)18(2)33-9-8-20-14-30-26(32-23(20)15-33)31-21-7-6-19(12-25(35)36)22(29)13-21;/h6-7,13-14,23H,2,8-12,15H2,1,3-5H3,(H,35,36)(H2,30,31,32);/q-2;+1/b18-17+;. The topological polar surface area (TPSA) is 116 Å². The molecule has 1 amide bonds. The average molecular weight is 579 g/mol. The summed E-state index contributed by atoms with van der Waals surface area (Å²) in [5.41, 5.74) is 3.04. The number of nitrogens with one attached hydrogen (secondary N) is 2. The fraction of sp³-hybridized carbons (Fsp3) is 0.429. The first-order chi connectivity index (χ1) is 18.4. The summed E-state index contributed by atoms with van der Waals surface area (Å²) in [6.45, 7) is 13.6. The molecule has 0 spiro atoms. The zero-order chi connectivity index (χ0) is 28.3. The van der Waals surface area contributed by atoms with E-state index >= 15 is 0 Å². The third-order valence-corrected chi connectivity index (χ3v) is 6.47. The molecule has 1 fully saturated rings. The second-order valence-corrected chi connectivity index (χ2v) is 10.6. The van der Waals surface area contributed by atoms with Gasteiger partial charge in [-0.3, -0.25) is 4.79 Å². The molecule has 3 aliphatic rings. The third-order valence-electron chi connectivity index (χ3n) is 6.47. The molecule has 3 aliphatic heterocycles. The fourth-order valence-corrected chi connectivity index (χ4v) is 4.45. The Kier molecular flexibility index (Phi) is 10.7. The molecule has 0 saturated carbocycles. The normalized spacial score (nSPS) is 19.3. The molecule has 10 nitrogen and oxygen atoms in total. The number of carboxylic acid groups (broad SMARTS) is 1. The molecule has 1 unspecified atom stereocenters. The number of aliphatic carboxylic acids is 1. The van der Waals surface area contributed by atoms with E-state index in [-0.39, 0.29) is 69.4 Å². The first-order valence-electron chi connectivity index (χ1n) is 12.7. The van der Waals surface area contributed by atoms with Gasteiger partial charge in [-0.1, -0.05) is 18.0 Å². The number of nitrogens with zero attached hydrogens (tertiary/aromatic N) is 3. The molecular formula is C28H34FKN5O5-. The van der Waals surface area contributed by atoms with Gasteiger partial charge in [0.1, 0.15) is 11.4 Å². The SMILES string of the molecule is [CH2-]/C(=C(/C)C1=[C-]OCCN1C(=O)OC(C)(C)C)N1CCC2=CNC(Nc3ccc(CC(=O)O)c(F)c3)=NC2C1.[K+]. The summed E-state index contributed by atoms with van der Waals surface area (Å²) in [5, 5.41) is 15.1. The van der Waals surface area contributed by atoms with Crippen LogP contribution >= 0.6 is 0 Å². The Bertz CT molecular complexity index is 1270. The quantitative estimate of drug-likeness (QED) is 0.347. The number of ether oxygens (including phenoxy) is 2. The van der Waals surface area contributed by atoms with Crippen LogP contribution in [0.5, 0.6) is 0 Å². The Morgan fingerprint density at radius 3 is 2.77 bits per heavy atom. The number of carboxylic acids is 1. The van der Waals surface area contributed by atoms with Crippen molar-refractivity contribution in [2.75, 3.05) is 31.6 Å². The zero-order valence-electron chi connectivity index (χ0n) is 23.6. The van der Waals surface area contributed by atoms with E-state index in [0.717, 1.165) is 29.8 Å². The number of piperidine rings is 1. The minimum absolute atomic E-state index is 0. The van der Waals surface area contributed by atoms with Crippen molar-refractivity contribution in [3.05, 3.63) is 71.5 Å². The zero-order valence-corrected chi connectivity index (χ0v) is 26.8. The van der Waals surface area contributed by atoms with Gasteiger partial charge in [-0.25, -0.2) is 21.1 Å². The van der Waals surface area contributed by atoms with Crippen LogP contribution in [0.1, 0.15) is 39.7 Å². The van der Waals surface area contributed by atoms with Gasteiger partial charge in [0.2, 0.25) is 5.96 Å². The van der Waals surface area contributed by atoms with Crippen LogP contribution in [0.2, 0.25) is 0 Å². The molecule has 0 bridgehead atoms. The summed E-state index contributed by atoms with van der Waals surface area (Å²) in [7, 11) is 0. The molecule has 0 radical (unpaired) electrons. The number of likely N-dealkylation sites (tertiary alicyclic amines) is 1. The van der Waals surface area contributed by atoms with E-state index in [0.29, 0.717) is 37.0 Å². The summed E-state index contributed by atoms with van der Waals surface area (Å²) >= 11 is 0. The monoisotopic (exact) mass is 578 g/mol. The minimum Gasteiger partial charge on any atom is -0.590 e. The van der Waals surface area contributed by atoms with E-state index in [1.54, 1.807) is 6.07 Å². The number of halogens is 1. The number of fused-ring (bicyclic) bond motifs is 1. The van der Waals surface area contributed by atoms with E-state index < -0.39 is 23.5 Å². The van der Waals surface area contributed by atoms with Crippen LogP contribution in [0.3, 0.4) is 0 Å². The van der Waals surface area contributed by atoms with Crippen LogP contribution in [-0.4, -0.2) is 70.8 Å². The second kappa shape index (κ2) is 13.4. The van der Waals surface area contributed by atoms with E-state index in [9.17, 15) is 14.0 Å². The molecule has 4 rings (SSSR count). The van der Waals surface area contributed by atoms with E-state index in [1.165, 1.54) is 17.0 Å². The summed E-state index contributed by atoms with van der Waals surface area (Å²) in [6, 6.07) is 4.15. The van der Waals surface area contributed by atoms with Gasteiger partial charge in [0.25, 0.3) is 0 Å². The van der Waals surface area contributed by atoms with Crippen LogP contribution < -0.4 is 62.0 Å². The van der Waals surface area contributed by atoms with E-state index in [2.05, 4.69) is 28.7 Å². The van der Waals surface area contributed by atoms with Gasteiger partial charge < -0.3 is 35.0 Å². The number of allylic oxidation sites excluding steroid dienone is 2. The summed E-state index contributed by atoms with van der Waals surface area (Å²) in [4.78, 5) is 32.1. The van der Waals surface area contributed by atoms with Crippen molar-refractivity contribution in [1.82, 2.24) is 15.1 Å². The first kappa shape index (κ1) is 32.0. The van der Waals surface area contributed by atoms with Crippen molar-refractivity contribution in [3.8, 4) is 0 Å². The maximum absolute atomic E-state index is 14.3. The Morgan fingerprint density at radius 2 is 2.10 bits per heavy atom. The van der Waals surface area contributed by atoms with Gasteiger partial charge in [-0.15, -0.1) is 12.6 Å². The van der Waals surface area contributed by atoms with Crippen molar-refractivity contribution >= 4 is 23.7 Å². The predicted molar refractivity (Wildman–Crippen MR) is 144 cm³/mol. The van der Waals surface area contributed by atoms with E-state index in [1.807, 2.05) is 33.9 Å². The van der Waals surface area contributed by atoms with Gasteiger partial charge in [0, 0.05) is 25.0 Å². The number of guanidine groups is 1. The van der Waals surface area contributed by atoms with Crippen molar-refractivity contribution < 1.29 is 79.9 Å². The second-order valence-electron chi connectivity index (χ2n) is 10.6. The summed E-state index contributed by atoms with van der Waals surface area (Å²) in [6.07, 6.45) is 4.68. The number of aliphatic imine (C=N–C) groups is 1. The van der Waals surface area contributed by atoms with E-state index in [4.69, 9.17) is 19.6 Å². The van der Waals surface area contributed by atoms with Crippen LogP contribution in [-0.2, 0) is 20.7 Å². The van der Waals surface area contributed by atoms with Crippen LogP contribution in [0.4, 0.5) is 14.9 Å². The molecular weight excluding hydrogens is 544 g/mol. The molecule has 3 N–H and O–H groups in total. The first-order valence-corrected chi connectivity index (χ1v) is 12.7. The molecule has 3 heterocycles. The largest absolute Gasteiger partial charge is 1.00 e. The van der Waals surface area contributed by atoms with Gasteiger partial charge >= 0.3 is 63.4 Å². The molecule has 12 heteroatoms. The molecule has 1 aromatic rings. The van der Waals surface area contributed by atoms with Gasteiger partial charge in [0.05, 0.1) is 25.6 Å². The average Bonchev–Trinajstić information content (AvgIpc) is 2.88. The predicted octanol–water partition coefficient (Wildman–Crippen LogP) is 0.806. The van der Waals surface area contributed by atoms with Crippen molar-refractivity contribution in [2.45, 2.75) is 52.2 Å². The summed E-state index contributed by atoms with van der Waals surface area (Å²) in [5.74, 6) is -1.24. The number of carbonyl (C=O) groups is 2. The Labute approximate surface area is 276 Å². The number of rotatable bonds is 5. The molecule has 1 saturated heterocycles. The Balaban J connectivity index is 0.00000441. The number of hydrogen-bond acceptors (Lipinski definition) is 8. The molecule has 40 heavy (non-hydrogen) atoms. The summed E-state index contributed by atoms with van der Waals surface area (Å²) < 4.78 is 25.3. The Hall–Kier alpha value is -2.51. The Morgan fingerprint density at radius 1 is 1.35 bits per heavy atom. The van der Waals surface area contributed by atoms with Gasteiger partial charge in [0.15, 0.2) is 0 Å². The molecule has 0 aliphatic carbocycles. The molecule has 1 aromatic carbocycles. The molecule has 210 valence electrons. The minimum atomic E-state index is -1.09. The van der Waals surface area contributed by atoms with Gasteiger partial charge in [-0.05, 0) is 50.5 Å². The maximum atomic E-state index is 14.3. The number of amides is 1. The van der Waals surface area contributed by atoms with Crippen molar-refractivity contribution in [2.24, 2.45) is 4.99 Å². The maximum Gasteiger partial charge on any atom is 1.00 e. The van der Waals surface area contributed by atoms with Crippen LogP contribution in [0.15, 0.2) is 51.9 Å². The van der Waals surface area contributed by atoms with Crippen LogP contribution in [0, 0.1) is 19.0 Å². The fourth-order valence-electron chi connectivity index (χ4n) is 4.45. The number of benzene rings is 1. The van der Waals surface area contributed by atoms with Crippen molar-refractivity contribution in [1.29, 1.82) is 0 Å². The third kappa shape index (κ3) is 8.03. The number of hydrogen-bond donors (Lipinski definition) is 3. The van der Waals surface area contributed by atoms with Gasteiger partial charge in [-0.2, -0.15) is 5.57 Å². The number of anilines is 1. The smallest absolute Gasteiger partial charge is 0.590 e.